The second-order valence-electron chi connectivity index (χ2n) is 4.09. The van der Waals surface area contributed by atoms with Crippen LogP contribution in [-0.2, 0) is 0 Å². The molecule has 0 unspecified atom stereocenters. The van der Waals surface area contributed by atoms with Crippen LogP contribution in [0.15, 0.2) is 23.6 Å². The van der Waals surface area contributed by atoms with Crippen molar-refractivity contribution in [1.82, 2.24) is 14.6 Å². The van der Waals surface area contributed by atoms with Crippen molar-refractivity contribution in [2.45, 2.75) is 13.8 Å². The van der Waals surface area contributed by atoms with Crippen LogP contribution in [0.3, 0.4) is 0 Å². The highest BCUT2D eigenvalue weighted by Crippen LogP contribution is 2.23. The highest BCUT2D eigenvalue weighted by Gasteiger charge is 2.10. The number of hydrogen-bond acceptors (Lipinski definition) is 4. The summed E-state index contributed by atoms with van der Waals surface area (Å²) in [6.07, 6.45) is 0. The zero-order valence-electron chi connectivity index (χ0n) is 9.64. The van der Waals surface area contributed by atoms with E-state index in [4.69, 9.17) is 5.73 Å². The molecule has 0 radical (unpaired) electrons. The summed E-state index contributed by atoms with van der Waals surface area (Å²) < 4.78 is 1.68. The topological polar surface area (TPSA) is 56.2 Å². The van der Waals surface area contributed by atoms with Gasteiger partial charge in [-0.15, -0.1) is 16.4 Å². The van der Waals surface area contributed by atoms with Crippen LogP contribution in [0.2, 0.25) is 0 Å². The largest absolute Gasteiger partial charge is 0.383 e. The Labute approximate surface area is 103 Å². The number of nitrogens with two attached hydrogens (primary N) is 1. The Balaban J connectivity index is 2.16. The lowest BCUT2D eigenvalue weighted by atomic mass is 10.1. The average Bonchev–Trinajstić information content (AvgIpc) is 2.86. The summed E-state index contributed by atoms with van der Waals surface area (Å²) >= 11 is 1.50. The molecule has 2 aromatic heterocycles. The highest BCUT2D eigenvalue weighted by atomic mass is 32.1. The number of aryl methyl sites for hydroxylation is 2. The minimum Gasteiger partial charge on any atom is -0.383 e. The van der Waals surface area contributed by atoms with E-state index in [-0.39, 0.29) is 0 Å². The maximum absolute atomic E-state index is 5.79. The van der Waals surface area contributed by atoms with E-state index in [2.05, 4.69) is 36.1 Å². The van der Waals surface area contributed by atoms with Gasteiger partial charge < -0.3 is 5.73 Å². The van der Waals surface area contributed by atoms with Crippen LogP contribution >= 0.6 is 11.3 Å². The van der Waals surface area contributed by atoms with Crippen molar-refractivity contribution < 1.29 is 0 Å². The summed E-state index contributed by atoms with van der Waals surface area (Å²) in [4.78, 5) is 5.29. The number of fused-ring (bicyclic) bond motifs is 1. The molecule has 0 amide bonds. The molecule has 0 saturated carbocycles. The van der Waals surface area contributed by atoms with E-state index < -0.39 is 0 Å². The number of aromatic nitrogens is 3. The number of nitrogen functional groups attached to an aromatic ring is 1. The number of thiazole rings is 1. The van der Waals surface area contributed by atoms with Crippen LogP contribution in [0.25, 0.3) is 16.3 Å². The molecule has 0 saturated heterocycles. The summed E-state index contributed by atoms with van der Waals surface area (Å²) in [5.41, 5.74) is 9.34. The van der Waals surface area contributed by atoms with Crippen LogP contribution in [0.1, 0.15) is 11.1 Å². The number of nitrogens with zero attached hydrogens (tertiary/aromatic N) is 3. The second kappa shape index (κ2) is 3.56. The lowest BCUT2D eigenvalue weighted by molar-refractivity contribution is 0.993. The number of anilines is 1. The van der Waals surface area contributed by atoms with Gasteiger partial charge >= 0.3 is 0 Å². The van der Waals surface area contributed by atoms with Crippen LogP contribution in [0.5, 0.6) is 0 Å². The molecular formula is C12H12N4S. The van der Waals surface area contributed by atoms with Crippen LogP contribution in [0, 0.1) is 13.8 Å². The molecule has 3 rings (SSSR count). The molecule has 0 aliphatic carbocycles. The maximum atomic E-state index is 5.79. The van der Waals surface area contributed by atoms with Gasteiger partial charge in [0.25, 0.3) is 0 Å². The van der Waals surface area contributed by atoms with E-state index in [1.54, 1.807) is 4.52 Å². The van der Waals surface area contributed by atoms with Crippen molar-refractivity contribution in [3.05, 3.63) is 34.7 Å². The Morgan fingerprint density at radius 2 is 2.06 bits per heavy atom. The maximum Gasteiger partial charge on any atom is 0.214 e. The van der Waals surface area contributed by atoms with E-state index in [1.165, 1.54) is 22.5 Å². The SMILES string of the molecule is Cc1ccc(-c2nc3scc(N)n3n2)cc1C. The minimum atomic E-state index is 0.632. The van der Waals surface area contributed by atoms with Crippen LogP contribution in [-0.4, -0.2) is 14.6 Å². The van der Waals surface area contributed by atoms with E-state index in [0.717, 1.165) is 16.3 Å². The summed E-state index contributed by atoms with van der Waals surface area (Å²) in [6.45, 7) is 4.18. The molecule has 2 N–H and O–H groups in total. The molecule has 5 heteroatoms. The molecule has 17 heavy (non-hydrogen) atoms. The average molecular weight is 244 g/mol. The number of benzene rings is 1. The number of hydrogen-bond donors (Lipinski definition) is 1. The minimum absolute atomic E-state index is 0.632. The molecule has 0 aliphatic rings. The van der Waals surface area contributed by atoms with Gasteiger partial charge in [0.2, 0.25) is 4.96 Å². The Hall–Kier alpha value is -1.88. The molecule has 1 aromatic carbocycles. The van der Waals surface area contributed by atoms with Crippen LogP contribution in [0.4, 0.5) is 5.82 Å². The fraction of sp³-hybridized carbons (Fsp3) is 0.167. The van der Waals surface area contributed by atoms with Gasteiger partial charge in [-0.25, -0.2) is 0 Å². The summed E-state index contributed by atoms with van der Waals surface area (Å²) in [7, 11) is 0. The predicted molar refractivity (Wildman–Crippen MR) is 70.2 cm³/mol. The third kappa shape index (κ3) is 1.59. The Kier molecular flexibility index (Phi) is 2.16. The van der Waals surface area contributed by atoms with E-state index in [1.807, 2.05) is 11.4 Å². The van der Waals surface area contributed by atoms with E-state index in [0.29, 0.717) is 5.82 Å². The van der Waals surface area contributed by atoms with Gasteiger partial charge in [0.1, 0.15) is 5.82 Å². The van der Waals surface area contributed by atoms with Gasteiger partial charge in [0.15, 0.2) is 5.82 Å². The molecule has 0 bridgehead atoms. The van der Waals surface area contributed by atoms with Crippen molar-refractivity contribution in [3.63, 3.8) is 0 Å². The third-order valence-corrected chi connectivity index (χ3v) is 3.71. The third-order valence-electron chi connectivity index (χ3n) is 2.87. The lowest BCUT2D eigenvalue weighted by Gasteiger charge is -2.01. The van der Waals surface area contributed by atoms with E-state index >= 15 is 0 Å². The molecule has 2 heterocycles. The molecule has 86 valence electrons. The van der Waals surface area contributed by atoms with E-state index in [9.17, 15) is 0 Å². The molecule has 4 nitrogen and oxygen atoms in total. The van der Waals surface area contributed by atoms with Gasteiger partial charge in [-0.05, 0) is 31.0 Å². The first-order valence-corrected chi connectivity index (χ1v) is 6.20. The van der Waals surface area contributed by atoms with Gasteiger partial charge in [-0.1, -0.05) is 12.1 Å². The fourth-order valence-electron chi connectivity index (χ4n) is 1.71. The Morgan fingerprint density at radius 3 is 2.76 bits per heavy atom. The van der Waals surface area contributed by atoms with Crippen molar-refractivity contribution >= 4 is 22.1 Å². The van der Waals surface area contributed by atoms with Gasteiger partial charge in [0.05, 0.1) is 0 Å². The number of rotatable bonds is 1. The van der Waals surface area contributed by atoms with Gasteiger partial charge in [-0.3, -0.25) is 0 Å². The van der Waals surface area contributed by atoms with Gasteiger partial charge in [-0.2, -0.15) is 9.50 Å². The van der Waals surface area contributed by atoms with Crippen LogP contribution < -0.4 is 5.73 Å². The first kappa shape index (κ1) is 10.3. The smallest absolute Gasteiger partial charge is 0.214 e. The fourth-order valence-corrected chi connectivity index (χ4v) is 2.42. The summed E-state index contributed by atoms with van der Waals surface area (Å²) in [5, 5.41) is 6.25. The molecule has 0 aliphatic heterocycles. The zero-order chi connectivity index (χ0) is 12.0. The Bertz CT molecular complexity index is 696. The molecular weight excluding hydrogens is 232 g/mol. The second-order valence-corrected chi connectivity index (χ2v) is 4.93. The molecule has 0 fully saturated rings. The van der Waals surface area contributed by atoms with Crippen molar-refractivity contribution in [2.75, 3.05) is 5.73 Å². The van der Waals surface area contributed by atoms with Crippen molar-refractivity contribution in [2.24, 2.45) is 0 Å². The van der Waals surface area contributed by atoms with Crippen molar-refractivity contribution in [3.8, 4) is 11.4 Å². The highest BCUT2D eigenvalue weighted by molar-refractivity contribution is 7.15. The monoisotopic (exact) mass is 244 g/mol. The lowest BCUT2D eigenvalue weighted by Crippen LogP contribution is -1.92. The zero-order valence-corrected chi connectivity index (χ0v) is 10.5. The summed E-state index contributed by atoms with van der Waals surface area (Å²) in [6, 6.07) is 6.23. The first-order chi connectivity index (χ1) is 8.15. The molecule has 3 aromatic rings. The normalized spacial score (nSPS) is 11.2. The summed E-state index contributed by atoms with van der Waals surface area (Å²) in [5.74, 6) is 1.36. The van der Waals surface area contributed by atoms with Gasteiger partial charge in [0, 0.05) is 10.9 Å². The standard InChI is InChI=1S/C12H12N4S/c1-7-3-4-9(5-8(7)2)11-14-12-16(15-11)10(13)6-17-12/h3-6H,13H2,1-2H3. The quantitative estimate of drug-likeness (QED) is 0.716. The van der Waals surface area contributed by atoms with Crippen molar-refractivity contribution in [1.29, 1.82) is 0 Å². The molecule has 0 atom stereocenters. The molecule has 0 spiro atoms. The first-order valence-electron chi connectivity index (χ1n) is 5.32. The predicted octanol–water partition coefficient (Wildman–Crippen LogP) is 2.66. The Morgan fingerprint density at radius 1 is 1.24 bits per heavy atom.